The Balaban J connectivity index is 1.98. The van der Waals surface area contributed by atoms with Crippen LogP contribution in [0.4, 0.5) is 13.2 Å². The number of carbonyl (C=O) groups is 1. The summed E-state index contributed by atoms with van der Waals surface area (Å²) < 4.78 is 83.3. The van der Waals surface area contributed by atoms with E-state index in [-0.39, 0.29) is 11.3 Å². The van der Waals surface area contributed by atoms with Gasteiger partial charge in [-0.3, -0.25) is 4.79 Å². The van der Waals surface area contributed by atoms with Crippen LogP contribution in [0.5, 0.6) is 11.5 Å². The topological polar surface area (TPSA) is 103 Å². The molecular formula is C19H10F3NO6S. The number of alkyl halides is 2. The molecule has 0 atom stereocenters. The number of ether oxygens (including phenoxy) is 3. The molecule has 154 valence electrons. The van der Waals surface area contributed by atoms with E-state index in [2.05, 4.69) is 0 Å². The van der Waals surface area contributed by atoms with Crippen molar-refractivity contribution in [3.8, 4) is 17.6 Å². The van der Waals surface area contributed by atoms with E-state index >= 15 is 0 Å². The highest BCUT2D eigenvalue weighted by Gasteiger charge is 2.74. The molecule has 1 aliphatic heterocycles. The van der Waals surface area contributed by atoms with Gasteiger partial charge in [0.15, 0.2) is 9.84 Å². The van der Waals surface area contributed by atoms with E-state index in [1.807, 2.05) is 0 Å². The highest BCUT2D eigenvalue weighted by atomic mass is 32.2. The van der Waals surface area contributed by atoms with Crippen molar-refractivity contribution in [3.05, 3.63) is 65.4 Å². The average Bonchev–Trinajstić information content (AvgIpc) is 3.22. The summed E-state index contributed by atoms with van der Waals surface area (Å²) in [6, 6.07) is 6.56. The summed E-state index contributed by atoms with van der Waals surface area (Å²) >= 11 is 0. The Morgan fingerprint density at radius 2 is 1.80 bits per heavy atom. The van der Waals surface area contributed by atoms with Crippen LogP contribution in [0.1, 0.15) is 21.5 Å². The van der Waals surface area contributed by atoms with E-state index in [9.17, 15) is 26.4 Å². The zero-order valence-corrected chi connectivity index (χ0v) is 15.8. The number of hydrogen-bond acceptors (Lipinski definition) is 7. The maximum absolute atomic E-state index is 15.0. The molecule has 0 N–H and O–H groups in total. The van der Waals surface area contributed by atoms with Gasteiger partial charge in [-0.15, -0.1) is 0 Å². The molecule has 2 aliphatic rings. The fraction of sp³-hybridized carbons (Fsp3) is 0.158. The molecule has 0 aromatic heterocycles. The minimum Gasteiger partial charge on any atom is -0.456 e. The summed E-state index contributed by atoms with van der Waals surface area (Å²) in [5.74, 6) is -10.7. The lowest BCUT2D eigenvalue weighted by molar-refractivity contribution is -0.260. The number of ketones is 1. The molecule has 2 aromatic rings. The third-order valence-electron chi connectivity index (χ3n) is 4.53. The average molecular weight is 437 g/mol. The first kappa shape index (κ1) is 19.8. The van der Waals surface area contributed by atoms with Crippen molar-refractivity contribution < 1.29 is 40.6 Å². The normalized spacial score (nSPS) is 17.9. The molecule has 0 saturated carbocycles. The molecule has 1 spiro atoms. The van der Waals surface area contributed by atoms with E-state index in [1.165, 1.54) is 0 Å². The largest absolute Gasteiger partial charge is 0.456 e. The minimum absolute atomic E-state index is 0.116. The van der Waals surface area contributed by atoms with Crippen molar-refractivity contribution in [2.24, 2.45) is 0 Å². The number of fused-ring (bicyclic) bond motifs is 2. The first-order chi connectivity index (χ1) is 14.0. The fourth-order valence-electron chi connectivity index (χ4n) is 3.33. The Bertz CT molecular complexity index is 1270. The molecule has 11 heteroatoms. The Morgan fingerprint density at radius 3 is 2.40 bits per heavy atom. The van der Waals surface area contributed by atoms with Crippen molar-refractivity contribution in [1.29, 1.82) is 5.26 Å². The van der Waals surface area contributed by atoms with E-state index < -0.39 is 54.9 Å². The zero-order chi connectivity index (χ0) is 21.9. The lowest BCUT2D eigenvalue weighted by Gasteiger charge is -2.29. The van der Waals surface area contributed by atoms with Gasteiger partial charge in [0.1, 0.15) is 29.8 Å². The lowest BCUT2D eigenvalue weighted by atomic mass is 10.1. The maximum atomic E-state index is 15.0. The molecule has 0 amide bonds. The first-order valence-corrected chi connectivity index (χ1v) is 10.1. The Morgan fingerprint density at radius 1 is 1.13 bits per heavy atom. The molecule has 1 aliphatic carbocycles. The van der Waals surface area contributed by atoms with Gasteiger partial charge in [0.05, 0.1) is 27.7 Å². The SMILES string of the molecule is CS(=O)(=O)c1ccc(Oc2cc(F)cc(C#N)c2)c2c1C1(OC=CO1)C(F)(F)C2=O. The van der Waals surface area contributed by atoms with Crippen LogP contribution >= 0.6 is 0 Å². The zero-order valence-electron chi connectivity index (χ0n) is 15.0. The maximum Gasteiger partial charge on any atom is 0.389 e. The molecule has 0 saturated heterocycles. The Hall–Kier alpha value is -3.52. The van der Waals surface area contributed by atoms with Crippen LogP contribution in [0.15, 0.2) is 47.8 Å². The third kappa shape index (κ3) is 2.64. The van der Waals surface area contributed by atoms with Gasteiger partial charge in [-0.25, -0.2) is 12.8 Å². The van der Waals surface area contributed by atoms with E-state index in [4.69, 9.17) is 19.5 Å². The van der Waals surface area contributed by atoms with Gasteiger partial charge in [0, 0.05) is 12.3 Å². The number of carbonyl (C=O) groups excluding carboxylic acids is 1. The van der Waals surface area contributed by atoms with Gasteiger partial charge in [0.25, 0.3) is 0 Å². The number of nitriles is 1. The third-order valence-corrected chi connectivity index (χ3v) is 5.67. The summed E-state index contributed by atoms with van der Waals surface area (Å²) in [5.41, 5.74) is -1.62. The van der Waals surface area contributed by atoms with Gasteiger partial charge in [0.2, 0.25) is 5.78 Å². The van der Waals surface area contributed by atoms with Crippen molar-refractivity contribution >= 4 is 15.6 Å². The van der Waals surface area contributed by atoms with Crippen molar-refractivity contribution in [2.75, 3.05) is 6.26 Å². The lowest BCUT2D eigenvalue weighted by Crippen LogP contribution is -2.46. The van der Waals surface area contributed by atoms with Crippen LogP contribution in [0.2, 0.25) is 0 Å². The number of hydrogen-bond donors (Lipinski definition) is 0. The molecule has 1 heterocycles. The van der Waals surface area contributed by atoms with Gasteiger partial charge >= 0.3 is 11.7 Å². The van der Waals surface area contributed by atoms with Crippen LogP contribution in [-0.4, -0.2) is 26.4 Å². The summed E-state index contributed by atoms with van der Waals surface area (Å²) in [7, 11) is -4.10. The van der Waals surface area contributed by atoms with E-state index in [0.717, 1.165) is 49.1 Å². The van der Waals surface area contributed by atoms with Crippen molar-refractivity contribution in [3.63, 3.8) is 0 Å². The van der Waals surface area contributed by atoms with E-state index in [1.54, 1.807) is 6.07 Å². The molecule has 0 unspecified atom stereocenters. The van der Waals surface area contributed by atoms with Crippen LogP contribution in [0, 0.1) is 17.1 Å². The fourth-order valence-corrected chi connectivity index (χ4v) is 4.25. The highest BCUT2D eigenvalue weighted by Crippen LogP contribution is 2.57. The number of benzene rings is 2. The number of rotatable bonds is 3. The number of nitrogens with zero attached hydrogens (tertiary/aromatic N) is 1. The number of halogens is 3. The van der Waals surface area contributed by atoms with Crippen molar-refractivity contribution in [1.82, 2.24) is 0 Å². The number of sulfone groups is 1. The number of Topliss-reactive ketones (excluding diaryl/α,β-unsaturated/α-hetero) is 1. The van der Waals surface area contributed by atoms with Gasteiger partial charge in [-0.05, 0) is 24.3 Å². The van der Waals surface area contributed by atoms with Crippen LogP contribution in [-0.2, 0) is 25.1 Å². The van der Waals surface area contributed by atoms with Gasteiger partial charge in [-0.1, -0.05) is 0 Å². The monoisotopic (exact) mass is 437 g/mol. The summed E-state index contributed by atoms with van der Waals surface area (Å²) in [6.45, 7) is 0. The van der Waals surface area contributed by atoms with Gasteiger partial charge in [-0.2, -0.15) is 14.0 Å². The molecule has 0 fully saturated rings. The quantitative estimate of drug-likeness (QED) is 0.725. The second kappa shape index (κ2) is 6.24. The highest BCUT2D eigenvalue weighted by molar-refractivity contribution is 7.90. The summed E-state index contributed by atoms with van der Waals surface area (Å²) in [6.07, 6.45) is 2.30. The first-order valence-electron chi connectivity index (χ1n) is 8.20. The molecule has 2 aromatic carbocycles. The minimum atomic E-state index is -4.29. The molecule has 0 bridgehead atoms. The van der Waals surface area contributed by atoms with Crippen LogP contribution in [0.3, 0.4) is 0 Å². The standard InChI is InChI=1S/C19H10F3NO6S/c1-30(25,26)14-3-2-13(29-12-7-10(9-23)6-11(20)8-12)15-16(14)19(27-4-5-28-19)18(21,22)17(15)24/h2-8H,1H3. The smallest absolute Gasteiger partial charge is 0.389 e. The van der Waals surface area contributed by atoms with Gasteiger partial charge < -0.3 is 14.2 Å². The van der Waals surface area contributed by atoms with Crippen LogP contribution < -0.4 is 4.74 Å². The van der Waals surface area contributed by atoms with E-state index in [0.29, 0.717) is 0 Å². The summed E-state index contributed by atoms with van der Waals surface area (Å²) in [4.78, 5) is 12.0. The summed E-state index contributed by atoms with van der Waals surface area (Å²) in [5, 5.41) is 8.95. The Labute approximate surface area is 167 Å². The second-order valence-electron chi connectivity index (χ2n) is 6.50. The molecule has 0 radical (unpaired) electrons. The Kier molecular flexibility index (Phi) is 4.11. The van der Waals surface area contributed by atoms with Crippen LogP contribution in [0.25, 0.3) is 0 Å². The molecule has 7 nitrogen and oxygen atoms in total. The van der Waals surface area contributed by atoms with Crippen molar-refractivity contribution in [2.45, 2.75) is 16.6 Å². The molecular weight excluding hydrogens is 427 g/mol. The predicted octanol–water partition coefficient (Wildman–Crippen LogP) is 3.40. The molecule has 4 rings (SSSR count). The predicted molar refractivity (Wildman–Crippen MR) is 93.0 cm³/mol. The molecule has 30 heavy (non-hydrogen) atoms. The second-order valence-corrected chi connectivity index (χ2v) is 8.49.